The molecule has 0 saturated carbocycles. The van der Waals surface area contributed by atoms with Gasteiger partial charge in [0.1, 0.15) is 6.04 Å². The molecule has 146 valence electrons. The first-order valence-electron chi connectivity index (χ1n) is 9.79. The predicted octanol–water partition coefficient (Wildman–Crippen LogP) is 2.23. The van der Waals surface area contributed by atoms with Crippen LogP contribution in [0.5, 0.6) is 0 Å². The lowest BCUT2D eigenvalue weighted by molar-refractivity contribution is -0.123. The zero-order chi connectivity index (χ0) is 19.2. The van der Waals surface area contributed by atoms with E-state index in [0.29, 0.717) is 6.54 Å². The number of hydrogen-bond acceptors (Lipinski definition) is 4. The Morgan fingerprint density at radius 3 is 2.59 bits per heavy atom. The van der Waals surface area contributed by atoms with Gasteiger partial charge in [0.2, 0.25) is 5.91 Å². The molecule has 2 aromatic rings. The lowest BCUT2D eigenvalue weighted by Crippen LogP contribution is -2.36. The monoisotopic (exact) mass is 369 g/mol. The molecule has 1 saturated heterocycles. The lowest BCUT2D eigenvalue weighted by Gasteiger charge is -2.30. The first-order valence-corrected chi connectivity index (χ1v) is 9.79. The van der Waals surface area contributed by atoms with Gasteiger partial charge in [-0.05, 0) is 50.0 Å². The van der Waals surface area contributed by atoms with E-state index in [4.69, 9.17) is 0 Å². The highest BCUT2D eigenvalue weighted by atomic mass is 16.2. The van der Waals surface area contributed by atoms with Crippen molar-refractivity contribution < 1.29 is 4.79 Å². The summed E-state index contributed by atoms with van der Waals surface area (Å²) in [5.74, 6) is 0.800. The summed E-state index contributed by atoms with van der Waals surface area (Å²) in [7, 11) is 3.65. The molecule has 1 atom stereocenters. The predicted molar refractivity (Wildman–Crippen MR) is 107 cm³/mol. The number of aromatic nitrogens is 2. The van der Waals surface area contributed by atoms with E-state index in [-0.39, 0.29) is 5.91 Å². The molecule has 6 heteroatoms. The maximum atomic E-state index is 12.7. The van der Waals surface area contributed by atoms with Crippen molar-refractivity contribution in [3.63, 3.8) is 0 Å². The molecule has 1 aromatic carbocycles. The molecule has 1 aromatic heterocycles. The fourth-order valence-corrected chi connectivity index (χ4v) is 3.67. The summed E-state index contributed by atoms with van der Waals surface area (Å²) < 4.78 is 1.71. The zero-order valence-corrected chi connectivity index (χ0v) is 16.6. The first-order chi connectivity index (χ1) is 13.1. The quantitative estimate of drug-likeness (QED) is 0.786. The van der Waals surface area contributed by atoms with E-state index >= 15 is 0 Å². The molecule has 2 N–H and O–H groups in total. The Kier molecular flexibility index (Phi) is 6.63. The molecule has 1 fully saturated rings. The molecule has 3 rings (SSSR count). The number of amides is 1. The van der Waals surface area contributed by atoms with Gasteiger partial charge in [0.15, 0.2) is 0 Å². The number of rotatable bonds is 7. The topological polar surface area (TPSA) is 62.2 Å². The normalized spacial score (nSPS) is 17.0. The van der Waals surface area contributed by atoms with E-state index in [9.17, 15) is 4.79 Å². The van der Waals surface area contributed by atoms with Crippen LogP contribution in [-0.2, 0) is 24.9 Å². The average molecular weight is 370 g/mol. The number of hydrogen-bond donors (Lipinski definition) is 2. The number of likely N-dealkylation sites (N-methyl/N-ethyl adjacent to an activating group) is 1. The summed E-state index contributed by atoms with van der Waals surface area (Å²) in [6, 6.07) is 8.02. The molecule has 2 heterocycles. The maximum Gasteiger partial charge on any atom is 0.242 e. The van der Waals surface area contributed by atoms with Gasteiger partial charge in [0, 0.05) is 31.9 Å². The van der Waals surface area contributed by atoms with Gasteiger partial charge >= 0.3 is 0 Å². The van der Waals surface area contributed by atoms with Gasteiger partial charge < -0.3 is 10.6 Å². The zero-order valence-electron chi connectivity index (χ0n) is 16.6. The molecular weight excluding hydrogens is 338 g/mol. The summed E-state index contributed by atoms with van der Waals surface area (Å²) in [6.07, 6.45) is 6.14. The van der Waals surface area contributed by atoms with Crippen molar-refractivity contribution in [3.8, 4) is 0 Å². The molecule has 1 aliphatic rings. The Morgan fingerprint density at radius 2 is 1.96 bits per heavy atom. The van der Waals surface area contributed by atoms with Crippen LogP contribution in [0.25, 0.3) is 0 Å². The first kappa shape index (κ1) is 19.6. The van der Waals surface area contributed by atoms with E-state index in [1.54, 1.807) is 17.9 Å². The van der Waals surface area contributed by atoms with Crippen molar-refractivity contribution >= 4 is 5.91 Å². The van der Waals surface area contributed by atoms with Crippen LogP contribution in [0.3, 0.4) is 0 Å². The van der Waals surface area contributed by atoms with Crippen molar-refractivity contribution in [1.82, 2.24) is 25.3 Å². The summed E-state index contributed by atoms with van der Waals surface area (Å²) in [6.45, 7) is 6.14. The third kappa shape index (κ3) is 5.17. The van der Waals surface area contributed by atoms with Gasteiger partial charge in [0.25, 0.3) is 0 Å². The number of piperidine rings is 1. The Hall–Kier alpha value is -2.18. The standard InChI is InChI=1S/C21H31N5O/c1-16-8-10-26(11-9-16)15-18-7-5-4-6-17(18)12-23-21(27)20(22-2)19-13-24-25(3)14-19/h4-7,13-14,16,20,22H,8-12,15H2,1-3H3,(H,23,27). The highest BCUT2D eigenvalue weighted by molar-refractivity contribution is 5.83. The van der Waals surface area contributed by atoms with E-state index in [0.717, 1.165) is 31.1 Å². The van der Waals surface area contributed by atoms with Crippen LogP contribution in [0, 0.1) is 5.92 Å². The molecule has 0 radical (unpaired) electrons. The molecule has 1 unspecified atom stereocenters. The molecule has 1 amide bonds. The minimum Gasteiger partial charge on any atom is -0.350 e. The molecular formula is C21H31N5O. The van der Waals surface area contributed by atoms with Crippen LogP contribution < -0.4 is 10.6 Å². The SMILES string of the molecule is CNC(C(=O)NCc1ccccc1CN1CCC(C)CC1)c1cnn(C)c1. The van der Waals surface area contributed by atoms with Crippen molar-refractivity contribution in [2.75, 3.05) is 20.1 Å². The summed E-state index contributed by atoms with van der Waals surface area (Å²) >= 11 is 0. The molecule has 6 nitrogen and oxygen atoms in total. The Bertz CT molecular complexity index is 749. The number of nitrogens with one attached hydrogen (secondary N) is 2. The third-order valence-electron chi connectivity index (χ3n) is 5.45. The van der Waals surface area contributed by atoms with Gasteiger partial charge in [-0.15, -0.1) is 0 Å². The van der Waals surface area contributed by atoms with Crippen molar-refractivity contribution in [1.29, 1.82) is 0 Å². The number of aryl methyl sites for hydroxylation is 1. The number of nitrogens with zero attached hydrogens (tertiary/aromatic N) is 3. The van der Waals surface area contributed by atoms with Crippen molar-refractivity contribution in [2.24, 2.45) is 13.0 Å². The highest BCUT2D eigenvalue weighted by Crippen LogP contribution is 2.20. The van der Waals surface area contributed by atoms with Crippen molar-refractivity contribution in [2.45, 2.75) is 38.9 Å². The molecule has 0 aliphatic carbocycles. The average Bonchev–Trinajstić information content (AvgIpc) is 3.09. The maximum absolute atomic E-state index is 12.7. The lowest BCUT2D eigenvalue weighted by atomic mass is 9.98. The van der Waals surface area contributed by atoms with Gasteiger partial charge in [-0.3, -0.25) is 14.4 Å². The van der Waals surface area contributed by atoms with Gasteiger partial charge in [-0.25, -0.2) is 0 Å². The van der Waals surface area contributed by atoms with E-state index in [1.165, 1.54) is 24.0 Å². The van der Waals surface area contributed by atoms with E-state index in [2.05, 4.69) is 45.8 Å². The van der Waals surface area contributed by atoms with Gasteiger partial charge in [0.05, 0.1) is 6.20 Å². The summed E-state index contributed by atoms with van der Waals surface area (Å²) in [5, 5.41) is 10.3. The van der Waals surface area contributed by atoms with Crippen LogP contribution >= 0.6 is 0 Å². The fraction of sp³-hybridized carbons (Fsp3) is 0.524. The van der Waals surface area contributed by atoms with E-state index < -0.39 is 6.04 Å². The van der Waals surface area contributed by atoms with Crippen LogP contribution in [-0.4, -0.2) is 40.7 Å². The molecule has 0 spiro atoms. The Morgan fingerprint density at radius 1 is 1.26 bits per heavy atom. The number of likely N-dealkylation sites (tertiary alicyclic amines) is 1. The minimum atomic E-state index is -0.394. The molecule has 27 heavy (non-hydrogen) atoms. The van der Waals surface area contributed by atoms with Crippen LogP contribution in [0.4, 0.5) is 0 Å². The van der Waals surface area contributed by atoms with Gasteiger partial charge in [-0.1, -0.05) is 31.2 Å². The molecule has 0 bridgehead atoms. The summed E-state index contributed by atoms with van der Waals surface area (Å²) in [5.41, 5.74) is 3.36. The number of carbonyl (C=O) groups is 1. The molecule has 1 aliphatic heterocycles. The second-order valence-corrected chi connectivity index (χ2v) is 7.61. The van der Waals surface area contributed by atoms with Crippen molar-refractivity contribution in [3.05, 3.63) is 53.3 Å². The Labute approximate surface area is 161 Å². The van der Waals surface area contributed by atoms with Crippen LogP contribution in [0.1, 0.15) is 42.5 Å². The second-order valence-electron chi connectivity index (χ2n) is 7.61. The minimum absolute atomic E-state index is 0.0351. The highest BCUT2D eigenvalue weighted by Gasteiger charge is 2.21. The smallest absolute Gasteiger partial charge is 0.242 e. The summed E-state index contributed by atoms with van der Waals surface area (Å²) in [4.78, 5) is 15.2. The Balaban J connectivity index is 1.61. The second kappa shape index (κ2) is 9.15. The van der Waals surface area contributed by atoms with Crippen LogP contribution in [0.2, 0.25) is 0 Å². The largest absolute Gasteiger partial charge is 0.350 e. The number of benzene rings is 1. The third-order valence-corrected chi connectivity index (χ3v) is 5.45. The fourth-order valence-electron chi connectivity index (χ4n) is 3.67. The number of carbonyl (C=O) groups excluding carboxylic acids is 1. The van der Waals surface area contributed by atoms with Gasteiger partial charge in [-0.2, -0.15) is 5.10 Å². The van der Waals surface area contributed by atoms with Crippen LogP contribution in [0.15, 0.2) is 36.7 Å². The van der Waals surface area contributed by atoms with E-state index in [1.807, 2.05) is 19.3 Å².